The molecule has 24 heavy (non-hydrogen) atoms. The van der Waals surface area contributed by atoms with Crippen LogP contribution in [0.5, 0.6) is 0 Å². The third kappa shape index (κ3) is 3.46. The first-order chi connectivity index (χ1) is 11.2. The Kier molecular flexibility index (Phi) is 5.34. The molecule has 1 aromatic rings. The van der Waals surface area contributed by atoms with E-state index in [1.165, 1.54) is 7.11 Å². The van der Waals surface area contributed by atoms with E-state index < -0.39 is 20.1 Å². The fourth-order valence-electron chi connectivity index (χ4n) is 2.49. The van der Waals surface area contributed by atoms with Gasteiger partial charge in [-0.1, -0.05) is 57.3 Å². The molecule has 7 heteroatoms. The predicted octanol–water partition coefficient (Wildman–Crippen LogP) is 2.71. The fraction of sp³-hybridized carbons (Fsp3) is 0.529. The van der Waals surface area contributed by atoms with Gasteiger partial charge in [-0.2, -0.15) is 0 Å². The Balaban J connectivity index is 1.95. The van der Waals surface area contributed by atoms with E-state index in [4.69, 9.17) is 9.47 Å². The van der Waals surface area contributed by atoms with Gasteiger partial charge in [0, 0.05) is 7.11 Å². The van der Waals surface area contributed by atoms with Crippen LogP contribution in [-0.4, -0.2) is 44.2 Å². The summed E-state index contributed by atoms with van der Waals surface area (Å²) >= 11 is 0. The number of methoxy groups -OCH3 is 1. The molecule has 2 amide bonds. The van der Waals surface area contributed by atoms with E-state index in [2.05, 4.69) is 32.3 Å². The third-order valence-electron chi connectivity index (χ3n) is 4.95. The first-order valence-corrected chi connectivity index (χ1v) is 11.1. The van der Waals surface area contributed by atoms with Gasteiger partial charge >= 0.3 is 6.09 Å². The molecule has 132 valence electrons. The highest BCUT2D eigenvalue weighted by Gasteiger charge is 2.59. The molecule has 0 aliphatic carbocycles. The van der Waals surface area contributed by atoms with Crippen LogP contribution in [0.2, 0.25) is 18.6 Å². The minimum absolute atomic E-state index is 0.149. The average molecular weight is 350 g/mol. The highest BCUT2D eigenvalue weighted by molar-refractivity contribution is 6.78. The molecule has 0 aromatic heterocycles. The second-order valence-corrected chi connectivity index (χ2v) is 11.9. The van der Waals surface area contributed by atoms with E-state index in [0.29, 0.717) is 12.1 Å². The first-order valence-electron chi connectivity index (χ1n) is 8.09. The van der Waals surface area contributed by atoms with Crippen molar-refractivity contribution in [2.24, 2.45) is 0 Å². The van der Waals surface area contributed by atoms with Crippen LogP contribution < -0.4 is 5.32 Å². The minimum Gasteiger partial charge on any atom is -0.445 e. The van der Waals surface area contributed by atoms with Crippen LogP contribution in [-0.2, 0) is 20.9 Å². The standard InChI is InChI=1S/C17H26N2O4Si/c1-13(2)24(4,5)19-12-17(22-3,15(19)20)18-16(21)23-11-14-9-7-6-8-10-14/h6-10,13H,11-12H2,1-5H3,(H,18,21). The number of carbonyl (C=O) groups excluding carboxylic acids is 2. The van der Waals surface area contributed by atoms with Crippen LogP contribution >= 0.6 is 0 Å². The summed E-state index contributed by atoms with van der Waals surface area (Å²) in [7, 11) is -0.449. The van der Waals surface area contributed by atoms with Gasteiger partial charge in [-0.25, -0.2) is 4.79 Å². The van der Waals surface area contributed by atoms with Crippen LogP contribution in [0.4, 0.5) is 4.79 Å². The third-order valence-corrected chi connectivity index (χ3v) is 9.52. The number of β-lactam (4-membered cyclic amide) rings is 1. The van der Waals surface area contributed by atoms with Crippen molar-refractivity contribution >= 4 is 20.2 Å². The zero-order chi connectivity index (χ0) is 18.0. The molecule has 1 unspecified atom stereocenters. The lowest BCUT2D eigenvalue weighted by Crippen LogP contribution is -2.80. The number of alkyl carbamates (subject to hydrolysis) is 1. The monoisotopic (exact) mass is 350 g/mol. The zero-order valence-electron chi connectivity index (χ0n) is 15.0. The highest BCUT2D eigenvalue weighted by atomic mass is 28.3. The number of carbonyl (C=O) groups is 2. The molecule has 6 nitrogen and oxygen atoms in total. The molecule has 1 aliphatic rings. The van der Waals surface area contributed by atoms with Crippen molar-refractivity contribution in [3.8, 4) is 0 Å². The zero-order valence-corrected chi connectivity index (χ0v) is 16.0. The Hall–Kier alpha value is -1.86. The van der Waals surface area contributed by atoms with Gasteiger partial charge in [0.1, 0.15) is 6.61 Å². The van der Waals surface area contributed by atoms with Crippen molar-refractivity contribution in [3.63, 3.8) is 0 Å². The van der Waals surface area contributed by atoms with Gasteiger partial charge in [0.25, 0.3) is 5.91 Å². The van der Waals surface area contributed by atoms with Gasteiger partial charge in [0.2, 0.25) is 5.72 Å². The Morgan fingerprint density at radius 1 is 1.33 bits per heavy atom. The summed E-state index contributed by atoms with van der Waals surface area (Å²) in [6.45, 7) is 9.03. The summed E-state index contributed by atoms with van der Waals surface area (Å²) in [5.41, 5.74) is 0.00259. The molecular formula is C17H26N2O4Si. The van der Waals surface area contributed by atoms with Crippen LogP contribution in [0, 0.1) is 0 Å². The fourth-order valence-corrected chi connectivity index (χ4v) is 4.44. The summed E-state index contributed by atoms with van der Waals surface area (Å²) in [4.78, 5) is 24.7. The van der Waals surface area contributed by atoms with Gasteiger partial charge in [0.05, 0.1) is 6.54 Å². The van der Waals surface area contributed by atoms with Crippen molar-refractivity contribution < 1.29 is 19.1 Å². The summed E-state index contributed by atoms with van der Waals surface area (Å²) in [6.07, 6.45) is -0.655. The lowest BCUT2D eigenvalue weighted by Gasteiger charge is -2.54. The molecule has 0 radical (unpaired) electrons. The highest BCUT2D eigenvalue weighted by Crippen LogP contribution is 2.34. The summed E-state index contributed by atoms with van der Waals surface area (Å²) in [5, 5.41) is 2.59. The maximum atomic E-state index is 12.6. The van der Waals surface area contributed by atoms with E-state index in [1.54, 1.807) is 0 Å². The maximum Gasteiger partial charge on any atom is 0.410 e. The lowest BCUT2D eigenvalue weighted by molar-refractivity contribution is -0.177. The molecule has 2 rings (SSSR count). The number of hydrogen-bond acceptors (Lipinski definition) is 4. The number of rotatable bonds is 6. The van der Waals surface area contributed by atoms with Crippen molar-refractivity contribution in [1.29, 1.82) is 0 Å². The quantitative estimate of drug-likeness (QED) is 0.487. The van der Waals surface area contributed by atoms with E-state index in [9.17, 15) is 9.59 Å². The molecular weight excluding hydrogens is 324 g/mol. The number of nitrogens with zero attached hydrogens (tertiary/aromatic N) is 1. The summed E-state index contributed by atoms with van der Waals surface area (Å²) in [5.74, 6) is -0.188. The lowest BCUT2D eigenvalue weighted by atomic mass is 10.1. The van der Waals surface area contributed by atoms with Crippen molar-refractivity contribution in [2.75, 3.05) is 13.7 Å². The average Bonchev–Trinajstić information content (AvgIpc) is 2.56. The van der Waals surface area contributed by atoms with Gasteiger partial charge < -0.3 is 14.0 Å². The second kappa shape index (κ2) is 6.94. The molecule has 0 spiro atoms. The largest absolute Gasteiger partial charge is 0.445 e. The summed E-state index contributed by atoms with van der Waals surface area (Å²) in [6, 6.07) is 9.38. The number of ether oxygens (including phenoxy) is 2. The van der Waals surface area contributed by atoms with Crippen LogP contribution in [0.25, 0.3) is 0 Å². The van der Waals surface area contributed by atoms with Gasteiger partial charge in [-0.15, -0.1) is 0 Å². The Morgan fingerprint density at radius 3 is 2.46 bits per heavy atom. The van der Waals surface area contributed by atoms with Crippen molar-refractivity contribution in [2.45, 2.75) is 44.8 Å². The van der Waals surface area contributed by atoms with Crippen molar-refractivity contribution in [3.05, 3.63) is 35.9 Å². The van der Waals surface area contributed by atoms with E-state index in [0.717, 1.165) is 5.56 Å². The molecule has 0 saturated carbocycles. The Bertz CT molecular complexity index is 606. The molecule has 1 fully saturated rings. The normalized spacial score (nSPS) is 20.8. The SMILES string of the molecule is COC1(NC(=O)OCc2ccccc2)CN([Si](C)(C)C(C)C)C1=O. The number of nitrogens with one attached hydrogen (secondary N) is 1. The molecule has 1 heterocycles. The van der Waals surface area contributed by atoms with Crippen molar-refractivity contribution in [1.82, 2.24) is 9.88 Å². The van der Waals surface area contributed by atoms with Crippen LogP contribution in [0.15, 0.2) is 30.3 Å². The van der Waals surface area contributed by atoms with E-state index in [-0.39, 0.29) is 12.5 Å². The molecule has 0 bridgehead atoms. The first kappa shape index (κ1) is 18.5. The molecule has 1 N–H and O–H groups in total. The van der Waals surface area contributed by atoms with Gasteiger partial charge in [-0.05, 0) is 11.1 Å². The Morgan fingerprint density at radius 2 is 1.96 bits per heavy atom. The predicted molar refractivity (Wildman–Crippen MR) is 93.8 cm³/mol. The number of hydrogen-bond donors (Lipinski definition) is 1. The smallest absolute Gasteiger partial charge is 0.410 e. The maximum absolute atomic E-state index is 12.6. The molecule has 1 saturated heterocycles. The van der Waals surface area contributed by atoms with E-state index in [1.807, 2.05) is 34.9 Å². The number of amides is 2. The van der Waals surface area contributed by atoms with Gasteiger partial charge in [-0.3, -0.25) is 10.1 Å². The van der Waals surface area contributed by atoms with Crippen LogP contribution in [0.3, 0.4) is 0 Å². The topological polar surface area (TPSA) is 67.9 Å². The molecule has 1 aliphatic heterocycles. The van der Waals surface area contributed by atoms with Crippen LogP contribution in [0.1, 0.15) is 19.4 Å². The second-order valence-electron chi connectivity index (χ2n) is 6.92. The van der Waals surface area contributed by atoms with Gasteiger partial charge in [0.15, 0.2) is 8.24 Å². The molecule has 1 aromatic carbocycles. The Labute approximate surface area is 144 Å². The van der Waals surface area contributed by atoms with E-state index >= 15 is 0 Å². The molecule has 1 atom stereocenters. The number of benzene rings is 1. The minimum atomic E-state index is -1.88. The summed E-state index contributed by atoms with van der Waals surface area (Å²) < 4.78 is 12.4.